The number of nitrogens with two attached hydrogens (primary N) is 4. The van der Waals surface area contributed by atoms with E-state index in [2.05, 4.69) is 21.7 Å². The highest BCUT2D eigenvalue weighted by Crippen LogP contribution is 2.11. The molecule has 21 heavy (non-hydrogen) atoms. The molecule has 0 unspecified atom stereocenters. The largest absolute Gasteiger partial charge is 0.271 e. The summed E-state index contributed by atoms with van der Waals surface area (Å²) in [6, 6.07) is 0. The third kappa shape index (κ3) is 27.2. The molecule has 0 aromatic heterocycles. The molecule has 0 aliphatic heterocycles. The lowest BCUT2D eigenvalue weighted by atomic mass is 9.88. The average molecular weight is 484 g/mol. The SMILES string of the molecule is Cl.Cl.Cl.Cl.Cl.Cl.Cl.Cl.NNCC(CNN)(CNN)CNN. The molecule has 0 saturated carbocycles. The normalized spacial score (nSPS) is 7.43. The van der Waals surface area contributed by atoms with Crippen molar-refractivity contribution in [2.24, 2.45) is 28.8 Å². The third-order valence-electron chi connectivity index (χ3n) is 1.91. The number of hydrazine groups is 4. The van der Waals surface area contributed by atoms with Crippen molar-refractivity contribution in [1.82, 2.24) is 21.7 Å². The van der Waals surface area contributed by atoms with Gasteiger partial charge in [0, 0.05) is 31.6 Å². The van der Waals surface area contributed by atoms with E-state index in [9.17, 15) is 0 Å². The Balaban J connectivity index is -0.0000000257. The first-order chi connectivity index (χ1) is 6.24. The summed E-state index contributed by atoms with van der Waals surface area (Å²) in [7, 11) is 0. The minimum Gasteiger partial charge on any atom is -0.271 e. The van der Waals surface area contributed by atoms with Gasteiger partial charge in [-0.15, -0.1) is 99.3 Å². The molecule has 0 aromatic rings. The van der Waals surface area contributed by atoms with Gasteiger partial charge in [-0.2, -0.15) is 0 Å². The average Bonchev–Trinajstić information content (AvgIpc) is 2.06. The molecule has 0 aliphatic carbocycles. The van der Waals surface area contributed by atoms with E-state index in [1.807, 2.05) is 0 Å². The quantitative estimate of drug-likeness (QED) is 0.165. The topological polar surface area (TPSA) is 152 Å². The Labute approximate surface area is 175 Å². The molecule has 8 nitrogen and oxygen atoms in total. The second-order valence-electron chi connectivity index (χ2n) is 3.02. The zero-order chi connectivity index (χ0) is 10.2. The Morgan fingerprint density at radius 1 is 0.429 bits per heavy atom. The van der Waals surface area contributed by atoms with Crippen molar-refractivity contribution < 1.29 is 0 Å². The van der Waals surface area contributed by atoms with Gasteiger partial charge in [0.15, 0.2) is 0 Å². The van der Waals surface area contributed by atoms with Crippen molar-refractivity contribution in [1.29, 1.82) is 0 Å². The molecule has 0 saturated heterocycles. The van der Waals surface area contributed by atoms with Crippen LogP contribution in [0.15, 0.2) is 0 Å². The van der Waals surface area contributed by atoms with E-state index in [4.69, 9.17) is 23.4 Å². The van der Waals surface area contributed by atoms with Crippen LogP contribution >= 0.6 is 99.3 Å². The van der Waals surface area contributed by atoms with Crippen LogP contribution in [-0.2, 0) is 0 Å². The Bertz CT molecular complexity index is 108. The second-order valence-corrected chi connectivity index (χ2v) is 3.02. The molecule has 144 valence electrons. The summed E-state index contributed by atoms with van der Waals surface area (Å²) in [5.41, 5.74) is 10.1. The van der Waals surface area contributed by atoms with Crippen molar-refractivity contribution in [3.63, 3.8) is 0 Å². The fourth-order valence-electron chi connectivity index (χ4n) is 1.24. The molecule has 0 heterocycles. The van der Waals surface area contributed by atoms with Crippen LogP contribution in [0.5, 0.6) is 0 Å². The Morgan fingerprint density at radius 3 is 0.667 bits per heavy atom. The van der Waals surface area contributed by atoms with Crippen LogP contribution in [0.25, 0.3) is 0 Å². The molecule has 0 aromatic carbocycles. The fraction of sp³-hybridized carbons (Fsp3) is 1.00. The molecule has 12 N–H and O–H groups in total. The van der Waals surface area contributed by atoms with Crippen LogP contribution in [0.2, 0.25) is 0 Å². The summed E-state index contributed by atoms with van der Waals surface area (Å²) in [5, 5.41) is 0. The maximum atomic E-state index is 5.25. The lowest BCUT2D eigenvalue weighted by Crippen LogP contribution is -2.57. The minimum atomic E-state index is -0.243. The van der Waals surface area contributed by atoms with Crippen LogP contribution in [0, 0.1) is 5.41 Å². The molecule has 0 fully saturated rings. The molecule has 0 rings (SSSR count). The van der Waals surface area contributed by atoms with Crippen molar-refractivity contribution in [2.45, 2.75) is 0 Å². The van der Waals surface area contributed by atoms with E-state index < -0.39 is 0 Å². The van der Waals surface area contributed by atoms with E-state index in [0.29, 0.717) is 26.2 Å². The summed E-state index contributed by atoms with van der Waals surface area (Å²) in [5.74, 6) is 21.0. The van der Waals surface area contributed by atoms with Crippen molar-refractivity contribution in [2.75, 3.05) is 26.2 Å². The van der Waals surface area contributed by atoms with E-state index in [1.54, 1.807) is 0 Å². The van der Waals surface area contributed by atoms with Crippen LogP contribution in [-0.4, -0.2) is 26.2 Å². The molecule has 0 spiro atoms. The van der Waals surface area contributed by atoms with Gasteiger partial charge in [0.2, 0.25) is 0 Å². The lowest BCUT2D eigenvalue weighted by molar-refractivity contribution is 0.239. The maximum Gasteiger partial charge on any atom is 0.0257 e. The van der Waals surface area contributed by atoms with Gasteiger partial charge >= 0.3 is 0 Å². The summed E-state index contributed by atoms with van der Waals surface area (Å²) in [4.78, 5) is 0. The van der Waals surface area contributed by atoms with Gasteiger partial charge in [0.05, 0.1) is 0 Å². The van der Waals surface area contributed by atoms with Gasteiger partial charge in [-0.05, 0) is 0 Å². The second kappa shape index (κ2) is 37.9. The molecule has 0 amide bonds. The summed E-state index contributed by atoms with van der Waals surface area (Å²) < 4.78 is 0. The summed E-state index contributed by atoms with van der Waals surface area (Å²) in [6.07, 6.45) is 0. The molecule has 16 heteroatoms. The van der Waals surface area contributed by atoms with Gasteiger partial charge in [0.1, 0.15) is 0 Å². The van der Waals surface area contributed by atoms with Gasteiger partial charge in [-0.3, -0.25) is 45.1 Å². The van der Waals surface area contributed by atoms with E-state index in [1.165, 1.54) is 0 Å². The van der Waals surface area contributed by atoms with E-state index in [0.717, 1.165) is 0 Å². The maximum absolute atomic E-state index is 5.25. The highest BCUT2D eigenvalue weighted by Gasteiger charge is 2.28. The third-order valence-corrected chi connectivity index (χ3v) is 1.91. The molecular weight excluding hydrogens is 456 g/mol. The first-order valence-electron chi connectivity index (χ1n) is 3.98. The highest BCUT2D eigenvalue weighted by atomic mass is 35.5. The highest BCUT2D eigenvalue weighted by molar-refractivity contribution is 5.86. The lowest BCUT2D eigenvalue weighted by Gasteiger charge is -2.32. The van der Waals surface area contributed by atoms with Crippen LogP contribution in [0.4, 0.5) is 0 Å². The molecule has 0 radical (unpaired) electrons. The number of rotatable bonds is 8. The van der Waals surface area contributed by atoms with Crippen molar-refractivity contribution in [3.05, 3.63) is 0 Å². The van der Waals surface area contributed by atoms with Crippen molar-refractivity contribution in [3.8, 4) is 0 Å². The number of nitrogens with one attached hydrogen (secondary N) is 4. The summed E-state index contributed by atoms with van der Waals surface area (Å²) in [6.45, 7) is 2.19. The smallest absolute Gasteiger partial charge is 0.0257 e. The Kier molecular flexibility index (Phi) is 102. The van der Waals surface area contributed by atoms with Gasteiger partial charge in [-0.1, -0.05) is 0 Å². The van der Waals surface area contributed by atoms with Gasteiger partial charge in [-0.25, -0.2) is 0 Å². The first kappa shape index (κ1) is 56.8. The molecular formula is C5H28Cl8N8. The number of hydrogen-bond acceptors (Lipinski definition) is 8. The first-order valence-corrected chi connectivity index (χ1v) is 3.98. The monoisotopic (exact) mass is 480 g/mol. The molecule has 0 aliphatic rings. The Hall–Kier alpha value is 2.00. The van der Waals surface area contributed by atoms with Crippen molar-refractivity contribution >= 4 is 99.3 Å². The fourth-order valence-corrected chi connectivity index (χ4v) is 1.24. The van der Waals surface area contributed by atoms with Crippen LogP contribution in [0.3, 0.4) is 0 Å². The predicted octanol–water partition coefficient (Wildman–Crippen LogP) is -0.800. The van der Waals surface area contributed by atoms with Crippen LogP contribution in [0.1, 0.15) is 0 Å². The standard InChI is InChI=1S/C5H20N8.8ClH/c6-10-1-5(2-11-7,3-12-8)4-13-9;;;;;;;;/h10-13H,1-4,6-9H2;8*1H. The predicted molar refractivity (Wildman–Crippen MR) is 109 cm³/mol. The molecule has 0 atom stereocenters. The van der Waals surface area contributed by atoms with E-state index in [-0.39, 0.29) is 105 Å². The molecule has 0 bridgehead atoms. The van der Waals surface area contributed by atoms with Gasteiger partial charge < -0.3 is 0 Å². The number of halogens is 8. The Morgan fingerprint density at radius 2 is 0.571 bits per heavy atom. The summed E-state index contributed by atoms with van der Waals surface area (Å²) >= 11 is 0. The zero-order valence-corrected chi connectivity index (χ0v) is 17.4. The van der Waals surface area contributed by atoms with Crippen LogP contribution < -0.4 is 45.1 Å². The zero-order valence-electron chi connectivity index (χ0n) is 10.9. The van der Waals surface area contributed by atoms with E-state index >= 15 is 0 Å². The number of hydrogen-bond donors (Lipinski definition) is 8. The minimum absolute atomic E-state index is 0. The van der Waals surface area contributed by atoms with Gasteiger partial charge in [0.25, 0.3) is 0 Å².